The lowest BCUT2D eigenvalue weighted by atomic mass is 10.1. The van der Waals surface area contributed by atoms with Crippen molar-refractivity contribution >= 4 is 0 Å². The minimum absolute atomic E-state index is 0.621. The highest BCUT2D eigenvalue weighted by Crippen LogP contribution is 2.22. The number of rotatable bonds is 5. The minimum Gasteiger partial charge on any atom is -0.465 e. The average molecular weight is 277 g/mol. The molecule has 112 valence electrons. The van der Waals surface area contributed by atoms with E-state index in [4.69, 9.17) is 4.42 Å². The molecule has 0 amide bonds. The molecule has 1 saturated carbocycles. The summed E-state index contributed by atoms with van der Waals surface area (Å²) < 4.78 is 5.89. The topological polar surface area (TPSA) is 31.7 Å². The van der Waals surface area contributed by atoms with Crippen LogP contribution in [0.3, 0.4) is 0 Å². The summed E-state index contributed by atoms with van der Waals surface area (Å²) in [6.07, 6.45) is 2.65. The summed E-state index contributed by atoms with van der Waals surface area (Å²) in [5.74, 6) is 2.18. The number of nitrogens with zero attached hydrogens (tertiary/aromatic N) is 2. The molecule has 4 nitrogen and oxygen atoms in total. The molecular weight excluding hydrogens is 250 g/mol. The third kappa shape index (κ3) is 3.43. The van der Waals surface area contributed by atoms with Crippen molar-refractivity contribution in [1.29, 1.82) is 0 Å². The summed E-state index contributed by atoms with van der Waals surface area (Å²) in [4.78, 5) is 4.98. The minimum atomic E-state index is 0.621. The van der Waals surface area contributed by atoms with Crippen LogP contribution in [0.2, 0.25) is 0 Å². The van der Waals surface area contributed by atoms with E-state index in [-0.39, 0.29) is 0 Å². The van der Waals surface area contributed by atoms with Gasteiger partial charge in [-0.25, -0.2) is 0 Å². The second-order valence-corrected chi connectivity index (χ2v) is 6.53. The highest BCUT2D eigenvalue weighted by atomic mass is 16.3. The summed E-state index contributed by atoms with van der Waals surface area (Å²) in [7, 11) is 2.21. The van der Waals surface area contributed by atoms with Crippen molar-refractivity contribution in [2.45, 2.75) is 51.9 Å². The monoisotopic (exact) mass is 277 g/mol. The summed E-state index contributed by atoms with van der Waals surface area (Å²) in [6, 6.07) is 3.60. The maximum absolute atomic E-state index is 5.89. The highest BCUT2D eigenvalue weighted by Gasteiger charge is 2.24. The van der Waals surface area contributed by atoms with Gasteiger partial charge in [0.15, 0.2) is 0 Å². The van der Waals surface area contributed by atoms with E-state index in [2.05, 4.69) is 42.1 Å². The second kappa shape index (κ2) is 5.88. The van der Waals surface area contributed by atoms with E-state index in [9.17, 15) is 0 Å². The van der Waals surface area contributed by atoms with Gasteiger partial charge in [-0.2, -0.15) is 0 Å². The number of aryl methyl sites for hydroxylation is 1. The molecule has 1 aliphatic carbocycles. The molecule has 2 heterocycles. The average Bonchev–Trinajstić information content (AvgIpc) is 3.16. The fourth-order valence-corrected chi connectivity index (χ4v) is 3.00. The van der Waals surface area contributed by atoms with E-state index in [1.807, 2.05) is 0 Å². The van der Waals surface area contributed by atoms with Gasteiger partial charge in [0.25, 0.3) is 0 Å². The van der Waals surface area contributed by atoms with Crippen molar-refractivity contribution in [3.05, 3.63) is 23.2 Å². The van der Waals surface area contributed by atoms with Crippen molar-refractivity contribution in [3.63, 3.8) is 0 Å². The van der Waals surface area contributed by atoms with Gasteiger partial charge in [0.05, 0.1) is 6.54 Å². The van der Waals surface area contributed by atoms with Gasteiger partial charge in [0.2, 0.25) is 0 Å². The molecule has 0 radical (unpaired) electrons. The van der Waals surface area contributed by atoms with E-state index in [0.717, 1.165) is 50.3 Å². The third-order valence-electron chi connectivity index (χ3n) is 4.56. The van der Waals surface area contributed by atoms with Gasteiger partial charge in [-0.1, -0.05) is 0 Å². The smallest absolute Gasteiger partial charge is 0.118 e. The number of hydrogen-bond donors (Lipinski definition) is 1. The fourth-order valence-electron chi connectivity index (χ4n) is 3.00. The van der Waals surface area contributed by atoms with Crippen LogP contribution in [0.4, 0.5) is 0 Å². The first-order valence-corrected chi connectivity index (χ1v) is 7.86. The maximum atomic E-state index is 5.89. The molecule has 0 bridgehead atoms. The Morgan fingerprint density at radius 1 is 1.35 bits per heavy atom. The van der Waals surface area contributed by atoms with Gasteiger partial charge >= 0.3 is 0 Å². The summed E-state index contributed by atoms with van der Waals surface area (Å²) in [5, 5.41) is 3.52. The lowest BCUT2D eigenvalue weighted by Crippen LogP contribution is -2.49. The zero-order valence-corrected chi connectivity index (χ0v) is 13.0. The number of likely N-dealkylation sites (N-methyl/N-ethyl adjacent to an activating group) is 1. The highest BCUT2D eigenvalue weighted by molar-refractivity contribution is 5.21. The van der Waals surface area contributed by atoms with Crippen molar-refractivity contribution in [2.24, 2.45) is 0 Å². The van der Waals surface area contributed by atoms with E-state index < -0.39 is 0 Å². The van der Waals surface area contributed by atoms with Gasteiger partial charge in [0, 0.05) is 43.8 Å². The van der Waals surface area contributed by atoms with Crippen LogP contribution in [0, 0.1) is 6.92 Å². The Labute approximate surface area is 122 Å². The largest absolute Gasteiger partial charge is 0.465 e. The SMILES string of the molecule is Cc1oc(CNC2CC2)cc1CN1CCN(C)CC1C. The first kappa shape index (κ1) is 14.1. The summed E-state index contributed by atoms with van der Waals surface area (Å²) >= 11 is 0. The predicted octanol–water partition coefficient (Wildman–Crippen LogP) is 1.98. The van der Waals surface area contributed by atoms with Crippen LogP contribution in [0.15, 0.2) is 10.5 Å². The molecule has 1 saturated heterocycles. The Balaban J connectivity index is 1.58. The normalized spacial score (nSPS) is 25.2. The van der Waals surface area contributed by atoms with Crippen LogP contribution in [-0.4, -0.2) is 48.6 Å². The summed E-state index contributed by atoms with van der Waals surface area (Å²) in [5.41, 5.74) is 1.36. The molecule has 1 N–H and O–H groups in total. The Kier molecular flexibility index (Phi) is 4.15. The van der Waals surface area contributed by atoms with Crippen LogP contribution in [0.25, 0.3) is 0 Å². The Bertz CT molecular complexity index is 453. The van der Waals surface area contributed by atoms with E-state index >= 15 is 0 Å². The molecule has 1 atom stereocenters. The lowest BCUT2D eigenvalue weighted by molar-refractivity contribution is 0.0934. The second-order valence-electron chi connectivity index (χ2n) is 6.53. The van der Waals surface area contributed by atoms with Crippen molar-refractivity contribution < 1.29 is 4.42 Å². The zero-order chi connectivity index (χ0) is 14.1. The van der Waals surface area contributed by atoms with Gasteiger partial charge in [-0.05, 0) is 39.8 Å². The van der Waals surface area contributed by atoms with Crippen LogP contribution >= 0.6 is 0 Å². The molecule has 3 rings (SSSR count). The van der Waals surface area contributed by atoms with E-state index in [1.165, 1.54) is 18.4 Å². The van der Waals surface area contributed by atoms with E-state index in [0.29, 0.717) is 6.04 Å². The Morgan fingerprint density at radius 2 is 2.15 bits per heavy atom. The van der Waals surface area contributed by atoms with Gasteiger partial charge in [0.1, 0.15) is 11.5 Å². The number of hydrogen-bond acceptors (Lipinski definition) is 4. The van der Waals surface area contributed by atoms with E-state index in [1.54, 1.807) is 0 Å². The van der Waals surface area contributed by atoms with Crippen molar-refractivity contribution in [3.8, 4) is 0 Å². The maximum Gasteiger partial charge on any atom is 0.118 e. The number of piperazine rings is 1. The van der Waals surface area contributed by atoms with Crippen LogP contribution < -0.4 is 5.32 Å². The molecule has 2 fully saturated rings. The molecule has 1 aliphatic heterocycles. The van der Waals surface area contributed by atoms with Gasteiger partial charge < -0.3 is 14.6 Å². The molecular formula is C16H27N3O. The van der Waals surface area contributed by atoms with Gasteiger partial charge in [-0.15, -0.1) is 0 Å². The third-order valence-corrected chi connectivity index (χ3v) is 4.56. The van der Waals surface area contributed by atoms with Crippen molar-refractivity contribution in [2.75, 3.05) is 26.7 Å². The van der Waals surface area contributed by atoms with Gasteiger partial charge in [-0.3, -0.25) is 4.90 Å². The molecule has 1 unspecified atom stereocenters. The van der Waals surface area contributed by atoms with Crippen LogP contribution in [-0.2, 0) is 13.1 Å². The molecule has 0 aromatic carbocycles. The molecule has 1 aromatic heterocycles. The lowest BCUT2D eigenvalue weighted by Gasteiger charge is -2.38. The number of furan rings is 1. The fraction of sp³-hybridized carbons (Fsp3) is 0.750. The molecule has 1 aromatic rings. The Morgan fingerprint density at radius 3 is 2.85 bits per heavy atom. The summed E-state index contributed by atoms with van der Waals surface area (Å²) in [6.45, 7) is 9.79. The molecule has 4 heteroatoms. The molecule has 2 aliphatic rings. The Hall–Kier alpha value is -0.840. The van der Waals surface area contributed by atoms with Crippen molar-refractivity contribution in [1.82, 2.24) is 15.1 Å². The number of nitrogens with one attached hydrogen (secondary N) is 1. The van der Waals surface area contributed by atoms with Crippen LogP contribution in [0.1, 0.15) is 36.8 Å². The molecule has 20 heavy (non-hydrogen) atoms. The predicted molar refractivity (Wildman–Crippen MR) is 80.7 cm³/mol. The standard InChI is InChI=1S/C16H27N3O/c1-12-10-18(3)6-7-19(12)11-14-8-16(20-13(14)2)9-17-15-4-5-15/h8,12,15,17H,4-7,9-11H2,1-3H3. The van der Waals surface area contributed by atoms with Crippen LogP contribution in [0.5, 0.6) is 0 Å². The zero-order valence-electron chi connectivity index (χ0n) is 13.0. The first-order valence-electron chi connectivity index (χ1n) is 7.86. The first-order chi connectivity index (χ1) is 9.61. The quantitative estimate of drug-likeness (QED) is 0.892. The molecule has 0 spiro atoms.